The summed E-state index contributed by atoms with van der Waals surface area (Å²) in [6.07, 6.45) is 5.24. The van der Waals surface area contributed by atoms with Crippen LogP contribution >= 0.6 is 0 Å². The number of piperidine rings is 1. The summed E-state index contributed by atoms with van der Waals surface area (Å²) in [4.78, 5) is 35.4. The molecule has 0 radical (unpaired) electrons. The van der Waals surface area contributed by atoms with Crippen LogP contribution in [0.5, 0.6) is 5.75 Å². The monoisotopic (exact) mass is 624 g/mol. The summed E-state index contributed by atoms with van der Waals surface area (Å²) in [6, 6.07) is 12.7. The maximum absolute atomic E-state index is 13.8. The highest BCUT2D eigenvalue weighted by Crippen LogP contribution is 2.47. The lowest BCUT2D eigenvalue weighted by Gasteiger charge is -2.42. The lowest BCUT2D eigenvalue weighted by Crippen LogP contribution is -2.54. The van der Waals surface area contributed by atoms with Crippen LogP contribution in [0.4, 0.5) is 4.39 Å². The van der Waals surface area contributed by atoms with Crippen LogP contribution in [0.15, 0.2) is 36.4 Å². The van der Waals surface area contributed by atoms with E-state index in [1.807, 2.05) is 24.1 Å². The van der Waals surface area contributed by atoms with Crippen molar-refractivity contribution in [3.05, 3.63) is 47.5 Å². The number of fused-ring (bicyclic) bond motifs is 4. The Morgan fingerprint density at radius 1 is 1.04 bits per heavy atom. The standard InChI is InChI=1S/C36H41FN6O3/c1-40-33-27(12-24(14-30(33)46-2)36(45)43-16-21-8-9-28(43)31(21)38)39-34(40)29-13-20-4-3-5-26(32(20)42(29)15-19-6-7-19)22-10-23(11-22)35(44)41-17-25(37)18-41/h3-5,12-14,19,21-23,25,28,31H,6-11,15-18,38H2,1-2H3/t21-,22?,23?,28-,31-/m1/s1. The first kappa shape index (κ1) is 28.3. The molecule has 3 aliphatic carbocycles. The number of carbonyl (C=O) groups excluding carboxylic acids is 2. The molecule has 2 aromatic carbocycles. The fraction of sp³-hybridized carbons (Fsp3) is 0.528. The Balaban J connectivity index is 1.09. The van der Waals surface area contributed by atoms with Gasteiger partial charge in [-0.3, -0.25) is 9.59 Å². The van der Waals surface area contributed by atoms with Crippen molar-refractivity contribution in [1.29, 1.82) is 0 Å². The summed E-state index contributed by atoms with van der Waals surface area (Å²) in [5.41, 5.74) is 12.2. The quantitative estimate of drug-likeness (QED) is 0.317. The van der Waals surface area contributed by atoms with Crippen molar-refractivity contribution in [1.82, 2.24) is 23.9 Å². The Labute approximate surface area is 267 Å². The molecule has 10 heteroatoms. The summed E-state index contributed by atoms with van der Waals surface area (Å²) >= 11 is 0. The number of aromatic nitrogens is 3. The van der Waals surface area contributed by atoms with Gasteiger partial charge in [0.05, 0.1) is 36.9 Å². The minimum absolute atomic E-state index is 0.00144. The van der Waals surface area contributed by atoms with Gasteiger partial charge < -0.3 is 29.4 Å². The zero-order valence-corrected chi connectivity index (χ0v) is 26.5. The average molecular weight is 625 g/mol. The van der Waals surface area contributed by atoms with Crippen LogP contribution in [0.25, 0.3) is 33.5 Å². The van der Waals surface area contributed by atoms with Crippen LogP contribution in [-0.2, 0) is 18.4 Å². The molecule has 3 atom stereocenters. The first-order valence-corrected chi connectivity index (χ1v) is 17.0. The van der Waals surface area contributed by atoms with E-state index < -0.39 is 6.17 Å². The summed E-state index contributed by atoms with van der Waals surface area (Å²) in [6.45, 7) is 2.12. The van der Waals surface area contributed by atoms with E-state index in [0.29, 0.717) is 35.6 Å². The van der Waals surface area contributed by atoms with Gasteiger partial charge >= 0.3 is 0 Å². The highest BCUT2D eigenvalue weighted by Gasteiger charge is 2.47. The first-order valence-electron chi connectivity index (χ1n) is 17.0. The molecule has 2 bridgehead atoms. The third-order valence-electron chi connectivity index (χ3n) is 11.7. The number of hydrogen-bond acceptors (Lipinski definition) is 5. The normalized spacial score (nSPS) is 27.4. The van der Waals surface area contributed by atoms with E-state index in [4.69, 9.17) is 15.5 Å². The van der Waals surface area contributed by atoms with Gasteiger partial charge in [-0.05, 0) is 80.0 Å². The highest BCUT2D eigenvalue weighted by molar-refractivity contribution is 6.00. The molecule has 2 aliphatic heterocycles. The Morgan fingerprint density at radius 3 is 2.52 bits per heavy atom. The molecular weight excluding hydrogens is 583 g/mol. The van der Waals surface area contributed by atoms with Crippen LogP contribution in [0.3, 0.4) is 0 Å². The topological polar surface area (TPSA) is 98.6 Å². The number of halogens is 1. The van der Waals surface area contributed by atoms with Gasteiger partial charge in [0.2, 0.25) is 5.91 Å². The predicted octanol–water partition coefficient (Wildman–Crippen LogP) is 4.85. The van der Waals surface area contributed by atoms with E-state index in [0.717, 1.165) is 54.8 Å². The molecule has 2 N–H and O–H groups in total. The molecule has 46 heavy (non-hydrogen) atoms. The van der Waals surface area contributed by atoms with Gasteiger partial charge in [0.15, 0.2) is 5.82 Å². The van der Waals surface area contributed by atoms with Crippen LogP contribution in [-0.4, -0.2) is 80.7 Å². The molecule has 4 heterocycles. The molecule has 9 nitrogen and oxygen atoms in total. The third kappa shape index (κ3) is 4.25. The van der Waals surface area contributed by atoms with E-state index in [1.54, 1.807) is 12.0 Å². The van der Waals surface area contributed by atoms with Gasteiger partial charge in [0.25, 0.3) is 5.91 Å². The maximum atomic E-state index is 13.8. The zero-order chi connectivity index (χ0) is 31.4. The maximum Gasteiger partial charge on any atom is 0.254 e. The molecule has 4 aromatic rings. The summed E-state index contributed by atoms with van der Waals surface area (Å²) in [5.74, 6) is 2.87. The molecule has 0 spiro atoms. The van der Waals surface area contributed by atoms with Crippen molar-refractivity contribution in [2.75, 3.05) is 26.7 Å². The molecule has 2 amide bonds. The number of para-hydroxylation sites is 1. The average Bonchev–Trinajstić information content (AvgIpc) is 3.40. The van der Waals surface area contributed by atoms with Gasteiger partial charge in [-0.15, -0.1) is 0 Å². The number of hydrogen-bond donors (Lipinski definition) is 1. The van der Waals surface area contributed by atoms with E-state index in [2.05, 4.69) is 33.4 Å². The molecule has 240 valence electrons. The van der Waals surface area contributed by atoms with Crippen LogP contribution < -0.4 is 10.5 Å². The number of nitrogens with two attached hydrogens (primary N) is 1. The molecule has 0 unspecified atom stereocenters. The molecule has 3 saturated carbocycles. The van der Waals surface area contributed by atoms with Gasteiger partial charge in [-0.1, -0.05) is 18.2 Å². The number of nitrogens with zero attached hydrogens (tertiary/aromatic N) is 5. The van der Waals surface area contributed by atoms with E-state index in [1.165, 1.54) is 29.3 Å². The largest absolute Gasteiger partial charge is 0.494 e. The first-order chi connectivity index (χ1) is 22.3. The smallest absolute Gasteiger partial charge is 0.254 e. The Hall–Kier alpha value is -3.92. The van der Waals surface area contributed by atoms with Crippen molar-refractivity contribution in [3.8, 4) is 17.3 Å². The lowest BCUT2D eigenvalue weighted by molar-refractivity contribution is -0.146. The molecule has 5 aliphatic rings. The molecular formula is C36H41FN6O3. The highest BCUT2D eigenvalue weighted by atomic mass is 19.1. The second-order valence-corrected chi connectivity index (χ2v) is 14.6. The summed E-state index contributed by atoms with van der Waals surface area (Å²) in [7, 11) is 3.67. The Bertz CT molecular complexity index is 1900. The number of rotatable bonds is 7. The van der Waals surface area contributed by atoms with Gasteiger partial charge in [-0.2, -0.15) is 0 Å². The van der Waals surface area contributed by atoms with Crippen molar-refractivity contribution >= 4 is 33.8 Å². The lowest BCUT2D eigenvalue weighted by atomic mass is 9.70. The van der Waals surface area contributed by atoms with Crippen LogP contribution in [0.2, 0.25) is 0 Å². The van der Waals surface area contributed by atoms with Crippen molar-refractivity contribution < 1.29 is 18.7 Å². The molecule has 2 aromatic heterocycles. The summed E-state index contributed by atoms with van der Waals surface area (Å²) in [5, 5.41) is 1.17. The fourth-order valence-electron chi connectivity index (χ4n) is 8.82. The van der Waals surface area contributed by atoms with Crippen LogP contribution in [0.1, 0.15) is 60.4 Å². The number of alkyl halides is 1. The Kier molecular flexibility index (Phi) is 6.33. The second kappa shape index (κ2) is 10.3. The fourth-order valence-corrected chi connectivity index (χ4v) is 8.82. The van der Waals surface area contributed by atoms with E-state index in [-0.39, 0.29) is 42.9 Å². The number of carbonyl (C=O) groups is 2. The van der Waals surface area contributed by atoms with E-state index >= 15 is 0 Å². The van der Waals surface area contributed by atoms with Crippen LogP contribution in [0, 0.1) is 17.8 Å². The predicted molar refractivity (Wildman–Crippen MR) is 173 cm³/mol. The molecule has 5 fully saturated rings. The van der Waals surface area contributed by atoms with Crippen molar-refractivity contribution in [2.24, 2.45) is 30.5 Å². The minimum atomic E-state index is -0.869. The summed E-state index contributed by atoms with van der Waals surface area (Å²) < 4.78 is 23.8. The van der Waals surface area contributed by atoms with Crippen molar-refractivity contribution in [3.63, 3.8) is 0 Å². The third-order valence-corrected chi connectivity index (χ3v) is 11.7. The zero-order valence-electron chi connectivity index (χ0n) is 26.5. The van der Waals surface area contributed by atoms with Gasteiger partial charge in [0, 0.05) is 49.1 Å². The minimum Gasteiger partial charge on any atom is -0.494 e. The number of ether oxygens (including phenoxy) is 1. The number of amides is 2. The number of likely N-dealkylation sites (tertiary alicyclic amines) is 2. The molecule has 9 rings (SSSR count). The van der Waals surface area contributed by atoms with Gasteiger partial charge in [-0.25, -0.2) is 9.37 Å². The van der Waals surface area contributed by atoms with Gasteiger partial charge in [0.1, 0.15) is 17.4 Å². The number of imidazole rings is 1. The number of methoxy groups -OCH3 is 1. The van der Waals surface area contributed by atoms with E-state index in [9.17, 15) is 14.0 Å². The number of aryl methyl sites for hydroxylation is 1. The molecule has 2 saturated heterocycles. The second-order valence-electron chi connectivity index (χ2n) is 14.6. The number of benzene rings is 2. The van der Waals surface area contributed by atoms with Crippen molar-refractivity contribution in [2.45, 2.75) is 69.2 Å². The SMILES string of the molecule is COc1cc(C(=O)N2C[C@H]3CC[C@@H]2[C@@H]3N)cc2nc(-c3cc4cccc(C5CC(C(=O)N6CC(F)C6)C5)c4n3CC3CC3)n(C)c12. The Morgan fingerprint density at radius 2 is 1.85 bits per heavy atom.